The number of hydrogen-bond acceptors (Lipinski definition) is 8. The SMILES string of the molecule is COc1cc([C@H](C)C(=O)N2CC[C@@]3(CCc4cc(-c5ncccn5)c(C)nc4N3)C2)cc(OC)n1. The van der Waals surface area contributed by atoms with Crippen LogP contribution in [0.2, 0.25) is 0 Å². The summed E-state index contributed by atoms with van der Waals surface area (Å²) in [7, 11) is 3.11. The zero-order chi connectivity index (χ0) is 24.6. The highest BCUT2D eigenvalue weighted by molar-refractivity contribution is 5.84. The molecule has 0 saturated carbocycles. The molecule has 182 valence electrons. The summed E-state index contributed by atoms with van der Waals surface area (Å²) in [6.45, 7) is 5.26. The summed E-state index contributed by atoms with van der Waals surface area (Å²) in [5.41, 5.74) is 3.68. The molecular formula is C26H30N6O3. The second kappa shape index (κ2) is 9.13. The first-order valence-corrected chi connectivity index (χ1v) is 11.9. The monoisotopic (exact) mass is 474 g/mol. The van der Waals surface area contributed by atoms with Gasteiger partial charge in [-0.2, -0.15) is 4.98 Å². The molecule has 2 aliphatic rings. The van der Waals surface area contributed by atoms with Gasteiger partial charge in [0.05, 0.1) is 31.4 Å². The molecule has 0 radical (unpaired) electrons. The smallest absolute Gasteiger partial charge is 0.229 e. The zero-order valence-electron chi connectivity index (χ0n) is 20.5. The zero-order valence-corrected chi connectivity index (χ0v) is 20.5. The van der Waals surface area contributed by atoms with Crippen LogP contribution in [0.3, 0.4) is 0 Å². The third kappa shape index (κ3) is 4.38. The van der Waals surface area contributed by atoms with Gasteiger partial charge in [0.1, 0.15) is 5.82 Å². The fourth-order valence-corrected chi connectivity index (χ4v) is 5.04. The van der Waals surface area contributed by atoms with Gasteiger partial charge in [-0.05, 0) is 56.4 Å². The summed E-state index contributed by atoms with van der Waals surface area (Å²) in [6.07, 6.45) is 6.22. The number of nitrogens with one attached hydrogen (secondary N) is 1. The highest BCUT2D eigenvalue weighted by Gasteiger charge is 2.43. The van der Waals surface area contributed by atoms with Gasteiger partial charge in [0.25, 0.3) is 0 Å². The number of likely N-dealkylation sites (tertiary alicyclic amines) is 1. The van der Waals surface area contributed by atoms with Crippen molar-refractivity contribution in [2.45, 2.75) is 44.6 Å². The van der Waals surface area contributed by atoms with Gasteiger partial charge in [-0.1, -0.05) is 0 Å². The normalized spacial score (nSPS) is 19.7. The van der Waals surface area contributed by atoms with Gasteiger partial charge in [0.15, 0.2) is 5.82 Å². The summed E-state index contributed by atoms with van der Waals surface area (Å²) in [5, 5.41) is 3.70. The average molecular weight is 475 g/mol. The van der Waals surface area contributed by atoms with Crippen molar-refractivity contribution in [2.75, 3.05) is 32.6 Å². The van der Waals surface area contributed by atoms with E-state index in [0.29, 0.717) is 30.7 Å². The Morgan fingerprint density at radius 3 is 2.49 bits per heavy atom. The molecule has 0 unspecified atom stereocenters. The first kappa shape index (κ1) is 23.0. The van der Waals surface area contributed by atoms with E-state index >= 15 is 0 Å². The van der Waals surface area contributed by atoms with Crippen molar-refractivity contribution in [2.24, 2.45) is 0 Å². The number of carbonyl (C=O) groups is 1. The number of hydrogen-bond donors (Lipinski definition) is 1. The molecule has 1 N–H and O–H groups in total. The number of fused-ring (bicyclic) bond motifs is 1. The number of aryl methyl sites for hydroxylation is 2. The fourth-order valence-electron chi connectivity index (χ4n) is 5.04. The van der Waals surface area contributed by atoms with Crippen molar-refractivity contribution < 1.29 is 14.3 Å². The highest BCUT2D eigenvalue weighted by atomic mass is 16.5. The number of ether oxygens (including phenoxy) is 2. The summed E-state index contributed by atoms with van der Waals surface area (Å²) in [4.78, 5) is 33.3. The van der Waals surface area contributed by atoms with Crippen molar-refractivity contribution in [3.8, 4) is 23.1 Å². The van der Waals surface area contributed by atoms with Crippen LogP contribution in [0, 0.1) is 6.92 Å². The number of nitrogens with zero attached hydrogens (tertiary/aromatic N) is 5. The molecule has 9 heteroatoms. The Bertz CT molecular complexity index is 1230. The van der Waals surface area contributed by atoms with Gasteiger partial charge in [0.2, 0.25) is 17.7 Å². The predicted octanol–water partition coefficient (Wildman–Crippen LogP) is 3.39. The van der Waals surface area contributed by atoms with E-state index in [2.05, 4.69) is 26.3 Å². The second-order valence-corrected chi connectivity index (χ2v) is 9.32. The number of carbonyl (C=O) groups excluding carboxylic acids is 1. The van der Waals surface area contributed by atoms with Crippen molar-refractivity contribution in [1.29, 1.82) is 0 Å². The second-order valence-electron chi connectivity index (χ2n) is 9.32. The third-order valence-electron chi connectivity index (χ3n) is 7.11. The predicted molar refractivity (Wildman–Crippen MR) is 132 cm³/mol. The largest absolute Gasteiger partial charge is 0.481 e. The molecule has 2 atom stereocenters. The van der Waals surface area contributed by atoms with Crippen molar-refractivity contribution in [3.63, 3.8) is 0 Å². The maximum absolute atomic E-state index is 13.4. The van der Waals surface area contributed by atoms with Gasteiger partial charge >= 0.3 is 0 Å². The lowest BCUT2D eigenvalue weighted by Gasteiger charge is -2.36. The van der Waals surface area contributed by atoms with E-state index in [1.54, 1.807) is 38.7 Å². The highest BCUT2D eigenvalue weighted by Crippen LogP contribution is 2.38. The number of anilines is 1. The quantitative estimate of drug-likeness (QED) is 0.600. The van der Waals surface area contributed by atoms with Gasteiger partial charge in [0, 0.05) is 43.2 Å². The molecule has 5 rings (SSSR count). The maximum atomic E-state index is 13.4. The lowest BCUT2D eigenvalue weighted by molar-refractivity contribution is -0.131. The minimum Gasteiger partial charge on any atom is -0.481 e. The number of aromatic nitrogens is 4. The minimum absolute atomic E-state index is 0.0884. The lowest BCUT2D eigenvalue weighted by atomic mass is 9.86. The molecular weight excluding hydrogens is 444 g/mol. The van der Waals surface area contributed by atoms with Crippen LogP contribution in [0.5, 0.6) is 11.8 Å². The third-order valence-corrected chi connectivity index (χ3v) is 7.11. The molecule has 0 aliphatic carbocycles. The van der Waals surface area contributed by atoms with E-state index in [1.165, 1.54) is 0 Å². The Morgan fingerprint density at radius 2 is 1.80 bits per heavy atom. The van der Waals surface area contributed by atoms with Gasteiger partial charge < -0.3 is 19.7 Å². The molecule has 1 amide bonds. The van der Waals surface area contributed by atoms with Crippen LogP contribution < -0.4 is 14.8 Å². The van der Waals surface area contributed by atoms with E-state index in [4.69, 9.17) is 14.5 Å². The van der Waals surface area contributed by atoms with Crippen LogP contribution in [-0.4, -0.2) is 63.6 Å². The Kier molecular flexibility index (Phi) is 6.00. The van der Waals surface area contributed by atoms with E-state index in [-0.39, 0.29) is 17.4 Å². The van der Waals surface area contributed by atoms with Crippen LogP contribution in [-0.2, 0) is 11.2 Å². The molecule has 1 saturated heterocycles. The fraction of sp³-hybridized carbons (Fsp3) is 0.423. The number of amides is 1. The topological polar surface area (TPSA) is 102 Å². The Labute approximate surface area is 204 Å². The Hall–Kier alpha value is -3.75. The van der Waals surface area contributed by atoms with E-state index in [9.17, 15) is 4.79 Å². The molecule has 5 heterocycles. The van der Waals surface area contributed by atoms with E-state index in [1.807, 2.05) is 24.8 Å². The van der Waals surface area contributed by atoms with Crippen LogP contribution in [0.25, 0.3) is 11.4 Å². The van der Waals surface area contributed by atoms with Crippen molar-refractivity contribution >= 4 is 11.7 Å². The van der Waals surface area contributed by atoms with Gasteiger partial charge in [-0.15, -0.1) is 0 Å². The molecule has 1 fully saturated rings. The summed E-state index contributed by atoms with van der Waals surface area (Å²) in [5.74, 6) is 2.22. The summed E-state index contributed by atoms with van der Waals surface area (Å²) < 4.78 is 10.6. The van der Waals surface area contributed by atoms with Crippen LogP contribution in [0.15, 0.2) is 36.7 Å². The molecule has 9 nitrogen and oxygen atoms in total. The molecule has 3 aromatic heterocycles. The molecule has 1 spiro atoms. The first-order valence-electron chi connectivity index (χ1n) is 11.9. The standard InChI is InChI=1S/C26H30N6O3/c1-16(19-13-21(34-3)30-22(14-19)35-4)25(33)32-11-8-26(15-32)7-6-18-12-20(17(2)29-23(18)31-26)24-27-9-5-10-28-24/h5,9-10,12-14,16H,6-8,11,15H2,1-4H3,(H,29,31)/t16-,26-/m0/s1. The summed E-state index contributed by atoms with van der Waals surface area (Å²) in [6, 6.07) is 7.56. The first-order chi connectivity index (χ1) is 16.9. The van der Waals surface area contributed by atoms with Gasteiger partial charge in [-0.25, -0.2) is 15.0 Å². The van der Waals surface area contributed by atoms with Crippen molar-refractivity contribution in [3.05, 3.63) is 53.5 Å². The Morgan fingerprint density at radius 1 is 1.09 bits per heavy atom. The number of methoxy groups -OCH3 is 2. The lowest BCUT2D eigenvalue weighted by Crippen LogP contribution is -2.46. The van der Waals surface area contributed by atoms with Crippen LogP contribution in [0.4, 0.5) is 5.82 Å². The number of pyridine rings is 2. The van der Waals surface area contributed by atoms with E-state index < -0.39 is 0 Å². The molecule has 2 aliphatic heterocycles. The molecule has 0 aromatic carbocycles. The maximum Gasteiger partial charge on any atom is 0.229 e. The van der Waals surface area contributed by atoms with Crippen LogP contribution >= 0.6 is 0 Å². The summed E-state index contributed by atoms with van der Waals surface area (Å²) >= 11 is 0. The Balaban J connectivity index is 1.32. The minimum atomic E-state index is -0.333. The molecule has 0 bridgehead atoms. The molecule has 3 aromatic rings. The molecule has 35 heavy (non-hydrogen) atoms. The van der Waals surface area contributed by atoms with Crippen LogP contribution in [0.1, 0.15) is 42.5 Å². The number of rotatable bonds is 5. The van der Waals surface area contributed by atoms with Gasteiger partial charge in [-0.3, -0.25) is 4.79 Å². The average Bonchev–Trinajstić information content (AvgIpc) is 3.30. The van der Waals surface area contributed by atoms with E-state index in [0.717, 1.165) is 47.5 Å². The van der Waals surface area contributed by atoms with Crippen molar-refractivity contribution in [1.82, 2.24) is 24.8 Å².